The number of aliphatic carboxylic acids is 1. The Balaban J connectivity index is 2.42. The first kappa shape index (κ1) is 11.7. The zero-order chi connectivity index (χ0) is 12.4. The Kier molecular flexibility index (Phi) is 3.14. The van der Waals surface area contributed by atoms with Crippen LogP contribution < -0.4 is 15.2 Å². The first-order valence-electron chi connectivity index (χ1n) is 5.15. The minimum Gasteiger partial charge on any atom is -0.486 e. The molecule has 1 aliphatic heterocycles. The molecule has 0 bridgehead atoms. The summed E-state index contributed by atoms with van der Waals surface area (Å²) in [6.07, 6.45) is 0. The number of hydrogen-bond donors (Lipinski definition) is 2. The van der Waals surface area contributed by atoms with Gasteiger partial charge in [0.25, 0.3) is 0 Å². The van der Waals surface area contributed by atoms with Gasteiger partial charge in [0.1, 0.15) is 13.2 Å². The molecule has 92 valence electrons. The van der Waals surface area contributed by atoms with Crippen molar-refractivity contribution in [1.29, 1.82) is 0 Å². The fourth-order valence-corrected chi connectivity index (χ4v) is 1.71. The molecule has 3 N–H and O–H groups in total. The highest BCUT2D eigenvalue weighted by molar-refractivity contribution is 5.76. The zero-order valence-corrected chi connectivity index (χ0v) is 8.98. The van der Waals surface area contributed by atoms with Crippen LogP contribution in [0.15, 0.2) is 12.1 Å². The van der Waals surface area contributed by atoms with Gasteiger partial charge < -0.3 is 20.3 Å². The summed E-state index contributed by atoms with van der Waals surface area (Å²) < 4.78 is 24.0. The van der Waals surface area contributed by atoms with Crippen LogP contribution >= 0.6 is 0 Å². The number of hydrogen-bond acceptors (Lipinski definition) is 4. The molecule has 0 spiro atoms. The molecule has 2 rings (SSSR count). The smallest absolute Gasteiger partial charge is 0.312 e. The van der Waals surface area contributed by atoms with Crippen molar-refractivity contribution in [3.8, 4) is 11.5 Å². The number of fused-ring (bicyclic) bond motifs is 1. The maximum absolute atomic E-state index is 13.7. The lowest BCUT2D eigenvalue weighted by molar-refractivity contribution is -0.138. The van der Waals surface area contributed by atoms with E-state index in [-0.39, 0.29) is 30.2 Å². The predicted octanol–water partition coefficient (Wildman–Crippen LogP) is 0.724. The summed E-state index contributed by atoms with van der Waals surface area (Å²) in [5, 5.41) is 8.95. The van der Waals surface area contributed by atoms with Crippen LogP contribution in [0.1, 0.15) is 11.5 Å². The van der Waals surface area contributed by atoms with Gasteiger partial charge in [-0.05, 0) is 17.7 Å². The van der Waals surface area contributed by atoms with E-state index in [4.69, 9.17) is 20.3 Å². The van der Waals surface area contributed by atoms with Crippen LogP contribution in [0.25, 0.3) is 0 Å². The van der Waals surface area contributed by atoms with E-state index in [1.54, 1.807) is 0 Å². The van der Waals surface area contributed by atoms with Crippen LogP contribution in [-0.4, -0.2) is 30.8 Å². The number of nitrogens with two attached hydrogens (primary N) is 1. The van der Waals surface area contributed by atoms with Crippen LogP contribution in [0.4, 0.5) is 4.39 Å². The Labute approximate surface area is 96.9 Å². The highest BCUT2D eigenvalue weighted by Gasteiger charge is 2.24. The summed E-state index contributed by atoms with van der Waals surface area (Å²) in [7, 11) is 0. The van der Waals surface area contributed by atoms with E-state index in [0.717, 1.165) is 6.07 Å². The summed E-state index contributed by atoms with van der Waals surface area (Å²) >= 11 is 0. The molecule has 0 saturated heterocycles. The van der Waals surface area contributed by atoms with Crippen molar-refractivity contribution in [2.45, 2.75) is 5.92 Å². The lowest BCUT2D eigenvalue weighted by atomic mass is 9.98. The molecule has 1 unspecified atom stereocenters. The van der Waals surface area contributed by atoms with Gasteiger partial charge in [0.05, 0.1) is 5.92 Å². The number of rotatable bonds is 3. The van der Waals surface area contributed by atoms with E-state index in [2.05, 4.69) is 0 Å². The van der Waals surface area contributed by atoms with Gasteiger partial charge >= 0.3 is 5.97 Å². The molecule has 0 radical (unpaired) electrons. The molecular weight excluding hydrogens is 229 g/mol. The number of benzene rings is 1. The second-order valence-electron chi connectivity index (χ2n) is 3.65. The third-order valence-corrected chi connectivity index (χ3v) is 2.56. The summed E-state index contributed by atoms with van der Waals surface area (Å²) in [5.74, 6) is -2.41. The topological polar surface area (TPSA) is 81.8 Å². The normalized spacial score (nSPS) is 15.4. The fourth-order valence-electron chi connectivity index (χ4n) is 1.71. The Morgan fingerprint density at radius 3 is 2.82 bits per heavy atom. The summed E-state index contributed by atoms with van der Waals surface area (Å²) in [6.45, 7) is 0.493. The minimum atomic E-state index is -1.09. The van der Waals surface area contributed by atoms with E-state index < -0.39 is 17.7 Å². The van der Waals surface area contributed by atoms with Crippen LogP contribution in [-0.2, 0) is 4.79 Å². The van der Waals surface area contributed by atoms with Crippen LogP contribution in [0.3, 0.4) is 0 Å². The standard InChI is InChI=1S/C11H12FNO4/c12-8-3-6(7(5-13)11(14)15)4-9-10(8)17-2-1-16-9/h3-4,7H,1-2,5,13H2,(H,14,15). The van der Waals surface area contributed by atoms with E-state index in [9.17, 15) is 9.18 Å². The SMILES string of the molecule is NCC(C(=O)O)c1cc(F)c2c(c1)OCCO2. The van der Waals surface area contributed by atoms with Crippen molar-refractivity contribution in [1.82, 2.24) is 0 Å². The molecule has 1 atom stereocenters. The number of halogens is 1. The lowest BCUT2D eigenvalue weighted by Crippen LogP contribution is -2.22. The predicted molar refractivity (Wildman–Crippen MR) is 56.8 cm³/mol. The largest absolute Gasteiger partial charge is 0.486 e. The van der Waals surface area contributed by atoms with Crippen molar-refractivity contribution in [3.63, 3.8) is 0 Å². The Morgan fingerprint density at radius 2 is 2.18 bits per heavy atom. The van der Waals surface area contributed by atoms with Crippen molar-refractivity contribution in [2.75, 3.05) is 19.8 Å². The van der Waals surface area contributed by atoms with Gasteiger partial charge in [0.15, 0.2) is 17.3 Å². The van der Waals surface area contributed by atoms with E-state index in [1.807, 2.05) is 0 Å². The molecule has 0 aromatic heterocycles. The van der Waals surface area contributed by atoms with Crippen molar-refractivity contribution >= 4 is 5.97 Å². The summed E-state index contributed by atoms with van der Waals surface area (Å²) in [6, 6.07) is 2.59. The van der Waals surface area contributed by atoms with Gasteiger partial charge in [-0.1, -0.05) is 0 Å². The van der Waals surface area contributed by atoms with Gasteiger partial charge in [-0.2, -0.15) is 0 Å². The van der Waals surface area contributed by atoms with E-state index in [1.165, 1.54) is 6.07 Å². The average molecular weight is 241 g/mol. The first-order valence-corrected chi connectivity index (χ1v) is 5.15. The zero-order valence-electron chi connectivity index (χ0n) is 8.98. The molecule has 17 heavy (non-hydrogen) atoms. The third kappa shape index (κ3) is 2.16. The summed E-state index contributed by atoms with van der Waals surface area (Å²) in [5.41, 5.74) is 5.64. The average Bonchev–Trinajstić information content (AvgIpc) is 2.29. The highest BCUT2D eigenvalue weighted by Crippen LogP contribution is 2.36. The van der Waals surface area contributed by atoms with Gasteiger partial charge in [-0.3, -0.25) is 4.79 Å². The van der Waals surface area contributed by atoms with E-state index in [0.29, 0.717) is 6.61 Å². The second kappa shape index (κ2) is 4.58. The number of carbonyl (C=O) groups is 1. The lowest BCUT2D eigenvalue weighted by Gasteiger charge is -2.20. The third-order valence-electron chi connectivity index (χ3n) is 2.56. The molecule has 1 aromatic rings. The molecule has 6 heteroatoms. The van der Waals surface area contributed by atoms with Crippen LogP contribution in [0.5, 0.6) is 11.5 Å². The fraction of sp³-hybridized carbons (Fsp3) is 0.364. The molecule has 0 amide bonds. The van der Waals surface area contributed by atoms with Crippen molar-refractivity contribution in [3.05, 3.63) is 23.5 Å². The van der Waals surface area contributed by atoms with Gasteiger partial charge in [-0.15, -0.1) is 0 Å². The Bertz CT molecular complexity index is 449. The monoisotopic (exact) mass is 241 g/mol. The van der Waals surface area contributed by atoms with Crippen LogP contribution in [0.2, 0.25) is 0 Å². The van der Waals surface area contributed by atoms with Gasteiger partial charge in [0, 0.05) is 6.54 Å². The maximum Gasteiger partial charge on any atom is 0.312 e. The Morgan fingerprint density at radius 1 is 1.47 bits per heavy atom. The van der Waals surface area contributed by atoms with Gasteiger partial charge in [-0.25, -0.2) is 4.39 Å². The van der Waals surface area contributed by atoms with Crippen molar-refractivity contribution < 1.29 is 23.8 Å². The van der Waals surface area contributed by atoms with Crippen LogP contribution in [0, 0.1) is 5.82 Å². The molecule has 0 aliphatic carbocycles. The van der Waals surface area contributed by atoms with E-state index >= 15 is 0 Å². The number of ether oxygens (including phenoxy) is 2. The molecular formula is C11H12FNO4. The Hall–Kier alpha value is -1.82. The second-order valence-corrected chi connectivity index (χ2v) is 3.65. The molecule has 0 fully saturated rings. The quantitative estimate of drug-likeness (QED) is 0.815. The molecule has 1 aliphatic rings. The minimum absolute atomic E-state index is 0.0289. The first-order chi connectivity index (χ1) is 8.13. The maximum atomic E-state index is 13.7. The molecule has 5 nitrogen and oxygen atoms in total. The highest BCUT2D eigenvalue weighted by atomic mass is 19.1. The van der Waals surface area contributed by atoms with Gasteiger partial charge in [0.2, 0.25) is 0 Å². The molecule has 1 heterocycles. The number of carboxylic acids is 1. The molecule has 0 saturated carbocycles. The molecule has 1 aromatic carbocycles. The van der Waals surface area contributed by atoms with Crippen molar-refractivity contribution in [2.24, 2.45) is 5.73 Å². The summed E-state index contributed by atoms with van der Waals surface area (Å²) in [4.78, 5) is 10.9. The number of carboxylic acid groups (broad SMARTS) is 1.